The first-order valence-electron chi connectivity index (χ1n) is 9.05. The van der Waals surface area contributed by atoms with Crippen LogP contribution in [0.3, 0.4) is 0 Å². The number of H-pyrrole nitrogens is 1. The zero-order valence-electron chi connectivity index (χ0n) is 14.8. The molecule has 0 bridgehead atoms. The largest absolute Gasteiger partial charge is 0.464 e. The molecule has 0 spiro atoms. The summed E-state index contributed by atoms with van der Waals surface area (Å²) in [6, 6.07) is 11.5. The summed E-state index contributed by atoms with van der Waals surface area (Å²) in [4.78, 5) is 19.4. The van der Waals surface area contributed by atoms with Crippen molar-refractivity contribution in [3.05, 3.63) is 59.8 Å². The van der Waals surface area contributed by atoms with Crippen molar-refractivity contribution < 1.29 is 9.21 Å². The number of amides is 1. The van der Waals surface area contributed by atoms with E-state index >= 15 is 0 Å². The Morgan fingerprint density at radius 2 is 2.15 bits per heavy atom. The lowest BCUT2D eigenvalue weighted by molar-refractivity contribution is 0.0657. The molecule has 0 radical (unpaired) electrons. The molecule has 2 aromatic heterocycles. The van der Waals surface area contributed by atoms with Gasteiger partial charge in [0.2, 0.25) is 0 Å². The van der Waals surface area contributed by atoms with Gasteiger partial charge in [0.1, 0.15) is 17.8 Å². The van der Waals surface area contributed by atoms with Crippen molar-refractivity contribution in [2.45, 2.75) is 38.6 Å². The number of nitrogens with zero attached hydrogens (tertiary/aromatic N) is 3. The Kier molecular flexibility index (Phi) is 4.56. The maximum absolute atomic E-state index is 13.3. The summed E-state index contributed by atoms with van der Waals surface area (Å²) >= 11 is 0. The van der Waals surface area contributed by atoms with Crippen LogP contribution in [0, 0.1) is 6.92 Å². The fraction of sp³-hybridized carbons (Fsp3) is 0.350. The van der Waals surface area contributed by atoms with Crippen LogP contribution in [0.5, 0.6) is 0 Å². The third-order valence-corrected chi connectivity index (χ3v) is 4.90. The van der Waals surface area contributed by atoms with Crippen molar-refractivity contribution in [2.75, 3.05) is 6.54 Å². The normalized spacial score (nSPS) is 17.9. The van der Waals surface area contributed by atoms with Gasteiger partial charge in [-0.05, 0) is 44.0 Å². The molecule has 6 nitrogen and oxygen atoms in total. The van der Waals surface area contributed by atoms with Gasteiger partial charge in [0.25, 0.3) is 5.91 Å². The SMILES string of the molecule is Cc1ccc(C2CCCCCN2C(=O)c2cccc(-c3ncn[nH]3)c2)o1. The molecule has 1 aliphatic rings. The van der Waals surface area contributed by atoms with Gasteiger partial charge in [-0.25, -0.2) is 4.98 Å². The Morgan fingerprint density at radius 1 is 1.23 bits per heavy atom. The molecule has 0 aliphatic carbocycles. The second-order valence-corrected chi connectivity index (χ2v) is 6.73. The minimum absolute atomic E-state index is 0.00682. The molecular formula is C20H22N4O2. The topological polar surface area (TPSA) is 75.0 Å². The van der Waals surface area contributed by atoms with E-state index in [1.165, 1.54) is 6.33 Å². The summed E-state index contributed by atoms with van der Waals surface area (Å²) in [7, 11) is 0. The van der Waals surface area contributed by atoms with Gasteiger partial charge < -0.3 is 9.32 Å². The Morgan fingerprint density at radius 3 is 2.92 bits per heavy atom. The quantitative estimate of drug-likeness (QED) is 0.770. The lowest BCUT2D eigenvalue weighted by atomic mass is 10.0. The predicted octanol–water partition coefficient (Wildman–Crippen LogP) is 4.13. The zero-order valence-corrected chi connectivity index (χ0v) is 14.8. The van der Waals surface area contributed by atoms with Crippen molar-refractivity contribution >= 4 is 5.91 Å². The first-order chi connectivity index (χ1) is 12.7. The van der Waals surface area contributed by atoms with Crippen LogP contribution in [0.2, 0.25) is 0 Å². The third-order valence-electron chi connectivity index (χ3n) is 4.90. The van der Waals surface area contributed by atoms with E-state index in [-0.39, 0.29) is 11.9 Å². The van der Waals surface area contributed by atoms with Gasteiger partial charge in [-0.15, -0.1) is 0 Å². The van der Waals surface area contributed by atoms with E-state index in [2.05, 4.69) is 15.2 Å². The third kappa shape index (κ3) is 3.27. The number of aromatic amines is 1. The fourth-order valence-electron chi connectivity index (χ4n) is 3.59. The molecule has 1 aromatic carbocycles. The summed E-state index contributed by atoms with van der Waals surface area (Å²) in [5.74, 6) is 2.45. The second-order valence-electron chi connectivity index (χ2n) is 6.73. The molecule has 1 aliphatic heterocycles. The highest BCUT2D eigenvalue weighted by Gasteiger charge is 2.29. The van der Waals surface area contributed by atoms with E-state index in [0.717, 1.165) is 49.3 Å². The van der Waals surface area contributed by atoms with Crippen LogP contribution >= 0.6 is 0 Å². The van der Waals surface area contributed by atoms with Crippen molar-refractivity contribution in [1.29, 1.82) is 0 Å². The average molecular weight is 350 g/mol. The van der Waals surface area contributed by atoms with Crippen molar-refractivity contribution in [3.8, 4) is 11.4 Å². The Hall–Kier alpha value is -2.89. The van der Waals surface area contributed by atoms with Crippen molar-refractivity contribution in [2.24, 2.45) is 0 Å². The van der Waals surface area contributed by atoms with Crippen LogP contribution in [0.15, 0.2) is 47.1 Å². The van der Waals surface area contributed by atoms with E-state index in [1.807, 2.05) is 48.2 Å². The average Bonchev–Trinajstić information content (AvgIpc) is 3.28. The first-order valence-corrected chi connectivity index (χ1v) is 9.05. The van der Waals surface area contributed by atoms with Gasteiger partial charge in [-0.1, -0.05) is 25.0 Å². The number of hydrogen-bond donors (Lipinski definition) is 1. The van der Waals surface area contributed by atoms with E-state index < -0.39 is 0 Å². The van der Waals surface area contributed by atoms with E-state index in [0.29, 0.717) is 11.4 Å². The molecule has 26 heavy (non-hydrogen) atoms. The number of aromatic nitrogens is 3. The van der Waals surface area contributed by atoms with Crippen molar-refractivity contribution in [3.63, 3.8) is 0 Å². The lowest BCUT2D eigenvalue weighted by Gasteiger charge is -2.29. The van der Waals surface area contributed by atoms with Crippen LogP contribution in [0.4, 0.5) is 0 Å². The Balaban J connectivity index is 1.65. The fourth-order valence-corrected chi connectivity index (χ4v) is 3.59. The molecule has 4 rings (SSSR count). The van der Waals surface area contributed by atoms with Gasteiger partial charge in [-0.3, -0.25) is 9.89 Å². The number of likely N-dealkylation sites (tertiary alicyclic amines) is 1. The van der Waals surface area contributed by atoms with Crippen LogP contribution in [0.1, 0.15) is 53.6 Å². The lowest BCUT2D eigenvalue weighted by Crippen LogP contribution is -2.34. The molecule has 1 saturated heterocycles. The number of rotatable bonds is 3. The molecule has 1 N–H and O–H groups in total. The monoisotopic (exact) mass is 350 g/mol. The van der Waals surface area contributed by atoms with Gasteiger partial charge in [-0.2, -0.15) is 5.10 Å². The number of carbonyl (C=O) groups excluding carboxylic acids is 1. The number of benzene rings is 1. The molecule has 6 heteroatoms. The first kappa shape index (κ1) is 16.6. The minimum Gasteiger partial charge on any atom is -0.464 e. The highest BCUT2D eigenvalue weighted by atomic mass is 16.3. The summed E-state index contributed by atoms with van der Waals surface area (Å²) in [6.07, 6.45) is 5.66. The van der Waals surface area contributed by atoms with Crippen LogP contribution in [0.25, 0.3) is 11.4 Å². The predicted molar refractivity (Wildman–Crippen MR) is 97.5 cm³/mol. The molecule has 3 aromatic rings. The molecule has 1 amide bonds. The van der Waals surface area contributed by atoms with E-state index in [4.69, 9.17) is 4.42 Å². The summed E-state index contributed by atoms with van der Waals surface area (Å²) in [5.41, 5.74) is 1.52. The smallest absolute Gasteiger partial charge is 0.254 e. The summed E-state index contributed by atoms with van der Waals surface area (Å²) in [5, 5.41) is 6.73. The molecule has 1 unspecified atom stereocenters. The molecule has 134 valence electrons. The molecule has 3 heterocycles. The van der Waals surface area contributed by atoms with Crippen LogP contribution in [-0.2, 0) is 0 Å². The maximum atomic E-state index is 13.3. The second kappa shape index (κ2) is 7.15. The van der Waals surface area contributed by atoms with Gasteiger partial charge in [0.15, 0.2) is 5.82 Å². The van der Waals surface area contributed by atoms with Gasteiger partial charge in [0, 0.05) is 17.7 Å². The number of nitrogens with one attached hydrogen (secondary N) is 1. The van der Waals surface area contributed by atoms with Gasteiger partial charge in [0.05, 0.1) is 6.04 Å². The Labute approximate surface area is 152 Å². The summed E-state index contributed by atoms with van der Waals surface area (Å²) < 4.78 is 5.86. The van der Waals surface area contributed by atoms with Crippen LogP contribution in [-0.4, -0.2) is 32.5 Å². The molecular weight excluding hydrogens is 328 g/mol. The van der Waals surface area contributed by atoms with E-state index in [1.54, 1.807) is 0 Å². The maximum Gasteiger partial charge on any atom is 0.254 e. The van der Waals surface area contributed by atoms with E-state index in [9.17, 15) is 4.79 Å². The van der Waals surface area contributed by atoms with Crippen molar-refractivity contribution in [1.82, 2.24) is 20.1 Å². The number of hydrogen-bond acceptors (Lipinski definition) is 4. The molecule has 0 saturated carbocycles. The number of aryl methyl sites for hydroxylation is 1. The minimum atomic E-state index is -0.00682. The molecule has 1 atom stereocenters. The zero-order chi connectivity index (χ0) is 17.9. The highest BCUT2D eigenvalue weighted by molar-refractivity contribution is 5.95. The Bertz CT molecular complexity index is 885. The molecule has 1 fully saturated rings. The highest BCUT2D eigenvalue weighted by Crippen LogP contribution is 2.32. The number of furan rings is 1. The van der Waals surface area contributed by atoms with Crippen LogP contribution < -0.4 is 0 Å². The summed E-state index contributed by atoms with van der Waals surface area (Å²) in [6.45, 7) is 2.68. The van der Waals surface area contributed by atoms with Gasteiger partial charge >= 0.3 is 0 Å². The standard InChI is InChI=1S/C20H22N4O2/c1-14-9-10-18(26-14)17-8-3-2-4-11-24(17)20(25)16-7-5-6-15(12-16)19-21-13-22-23-19/h5-7,9-10,12-13,17H,2-4,8,11H2,1H3,(H,21,22,23). The number of carbonyl (C=O) groups is 1.